The number of amides is 1. The summed E-state index contributed by atoms with van der Waals surface area (Å²) in [4.78, 5) is 19.4. The Morgan fingerprint density at radius 3 is 2.65 bits per heavy atom. The third kappa shape index (κ3) is 3.38. The monoisotopic (exact) mass is 396 g/mol. The lowest BCUT2D eigenvalue weighted by atomic mass is 10.1. The SMILES string of the molecule is O=C1C(=Cc2cc3ccccc3nc2Cl)SC(=S)N1Cc1ccccc1. The van der Waals surface area contributed by atoms with E-state index in [1.807, 2.05) is 60.7 Å². The van der Waals surface area contributed by atoms with Gasteiger partial charge in [-0.2, -0.15) is 0 Å². The molecule has 0 aliphatic carbocycles. The van der Waals surface area contributed by atoms with E-state index in [1.54, 1.807) is 11.0 Å². The van der Waals surface area contributed by atoms with Crippen LogP contribution in [0.3, 0.4) is 0 Å². The highest BCUT2D eigenvalue weighted by Gasteiger charge is 2.32. The van der Waals surface area contributed by atoms with Crippen LogP contribution < -0.4 is 0 Å². The molecule has 0 spiro atoms. The average Bonchev–Trinajstić information content (AvgIpc) is 2.91. The topological polar surface area (TPSA) is 33.2 Å². The van der Waals surface area contributed by atoms with Crippen molar-refractivity contribution >= 4 is 62.8 Å². The molecule has 2 heterocycles. The van der Waals surface area contributed by atoms with E-state index in [4.69, 9.17) is 23.8 Å². The second-order valence-electron chi connectivity index (χ2n) is 5.81. The van der Waals surface area contributed by atoms with Gasteiger partial charge in [0.25, 0.3) is 5.91 Å². The maximum atomic E-state index is 12.8. The van der Waals surface area contributed by atoms with Crippen molar-refractivity contribution in [3.8, 4) is 0 Å². The van der Waals surface area contributed by atoms with Crippen molar-refractivity contribution in [2.45, 2.75) is 6.54 Å². The molecule has 26 heavy (non-hydrogen) atoms. The van der Waals surface area contributed by atoms with Crippen molar-refractivity contribution in [2.75, 3.05) is 0 Å². The number of thiocarbonyl (C=S) groups is 1. The summed E-state index contributed by atoms with van der Waals surface area (Å²) < 4.78 is 0.551. The highest BCUT2D eigenvalue weighted by Crippen LogP contribution is 2.35. The summed E-state index contributed by atoms with van der Waals surface area (Å²) in [6.07, 6.45) is 1.77. The summed E-state index contributed by atoms with van der Waals surface area (Å²) in [5.74, 6) is -0.104. The van der Waals surface area contributed by atoms with Crippen LogP contribution in [0, 0.1) is 0 Å². The predicted octanol–water partition coefficient (Wildman–Crippen LogP) is 5.29. The van der Waals surface area contributed by atoms with Crippen molar-refractivity contribution in [2.24, 2.45) is 0 Å². The van der Waals surface area contributed by atoms with Gasteiger partial charge in [0.15, 0.2) is 0 Å². The molecule has 0 saturated carbocycles. The molecule has 0 N–H and O–H groups in total. The van der Waals surface area contributed by atoms with Gasteiger partial charge in [-0.1, -0.05) is 84.1 Å². The van der Waals surface area contributed by atoms with E-state index < -0.39 is 0 Å². The molecular formula is C20H13ClN2OS2. The molecular weight excluding hydrogens is 384 g/mol. The minimum atomic E-state index is -0.104. The van der Waals surface area contributed by atoms with Crippen LogP contribution in [0.25, 0.3) is 17.0 Å². The van der Waals surface area contributed by atoms with Gasteiger partial charge in [-0.15, -0.1) is 0 Å². The van der Waals surface area contributed by atoms with E-state index in [1.165, 1.54) is 11.8 Å². The molecule has 1 fully saturated rings. The zero-order valence-corrected chi connectivity index (χ0v) is 15.9. The van der Waals surface area contributed by atoms with E-state index in [0.717, 1.165) is 16.5 Å². The summed E-state index contributed by atoms with van der Waals surface area (Å²) in [5, 5.41) is 1.35. The molecule has 6 heteroatoms. The van der Waals surface area contributed by atoms with Crippen LogP contribution in [-0.4, -0.2) is 20.1 Å². The first-order valence-corrected chi connectivity index (χ1v) is 9.57. The quantitative estimate of drug-likeness (QED) is 0.342. The molecule has 128 valence electrons. The number of para-hydroxylation sites is 1. The number of pyridine rings is 1. The Balaban J connectivity index is 1.65. The summed E-state index contributed by atoms with van der Waals surface area (Å²) in [7, 11) is 0. The fraction of sp³-hybridized carbons (Fsp3) is 0.0500. The number of carbonyl (C=O) groups excluding carboxylic acids is 1. The Hall–Kier alpha value is -2.21. The van der Waals surface area contributed by atoms with Gasteiger partial charge in [0.05, 0.1) is 17.0 Å². The van der Waals surface area contributed by atoms with E-state index in [0.29, 0.717) is 26.5 Å². The fourth-order valence-electron chi connectivity index (χ4n) is 2.75. The van der Waals surface area contributed by atoms with Crippen molar-refractivity contribution in [1.29, 1.82) is 0 Å². The van der Waals surface area contributed by atoms with Crippen LogP contribution in [0.1, 0.15) is 11.1 Å². The second-order valence-corrected chi connectivity index (χ2v) is 7.85. The zero-order chi connectivity index (χ0) is 18.1. The second kappa shape index (κ2) is 7.19. The molecule has 0 unspecified atom stereocenters. The van der Waals surface area contributed by atoms with Gasteiger partial charge in [-0.05, 0) is 23.8 Å². The molecule has 1 aliphatic heterocycles. The number of fused-ring (bicyclic) bond motifs is 1. The van der Waals surface area contributed by atoms with E-state index in [2.05, 4.69) is 4.98 Å². The van der Waals surface area contributed by atoms with E-state index in [9.17, 15) is 4.79 Å². The highest BCUT2D eigenvalue weighted by atomic mass is 35.5. The number of thioether (sulfide) groups is 1. The number of benzene rings is 2. The van der Waals surface area contributed by atoms with Gasteiger partial charge >= 0.3 is 0 Å². The number of aromatic nitrogens is 1. The zero-order valence-electron chi connectivity index (χ0n) is 13.6. The summed E-state index contributed by atoms with van der Waals surface area (Å²) in [6.45, 7) is 0.465. The first-order valence-electron chi connectivity index (χ1n) is 7.96. The summed E-state index contributed by atoms with van der Waals surface area (Å²) in [6, 6.07) is 19.5. The molecule has 2 aromatic carbocycles. The molecule has 0 bridgehead atoms. The van der Waals surface area contributed by atoms with E-state index >= 15 is 0 Å². The highest BCUT2D eigenvalue weighted by molar-refractivity contribution is 8.26. The Morgan fingerprint density at radius 2 is 1.85 bits per heavy atom. The van der Waals surface area contributed by atoms with Gasteiger partial charge in [0.1, 0.15) is 9.47 Å². The Bertz CT molecular complexity index is 1050. The maximum absolute atomic E-state index is 12.8. The largest absolute Gasteiger partial charge is 0.288 e. The molecule has 3 nitrogen and oxygen atoms in total. The van der Waals surface area contributed by atoms with Crippen LogP contribution in [0.5, 0.6) is 0 Å². The van der Waals surface area contributed by atoms with Gasteiger partial charge in [0, 0.05) is 10.9 Å². The maximum Gasteiger partial charge on any atom is 0.266 e. The molecule has 3 aromatic rings. The number of carbonyl (C=O) groups is 1. The first kappa shape index (κ1) is 17.2. The minimum absolute atomic E-state index is 0.104. The van der Waals surface area contributed by atoms with Crippen LogP contribution in [0.15, 0.2) is 65.6 Å². The first-order chi connectivity index (χ1) is 12.6. The lowest BCUT2D eigenvalue weighted by molar-refractivity contribution is -0.122. The van der Waals surface area contributed by atoms with Crippen LogP contribution in [0.2, 0.25) is 5.15 Å². The molecule has 1 amide bonds. The summed E-state index contributed by atoms with van der Waals surface area (Å²) in [5.41, 5.74) is 2.58. The number of nitrogens with zero attached hydrogens (tertiary/aromatic N) is 2. The fourth-order valence-corrected chi connectivity index (χ4v) is 4.20. The lowest BCUT2D eigenvalue weighted by Crippen LogP contribution is -2.27. The smallest absolute Gasteiger partial charge is 0.266 e. The molecule has 4 rings (SSSR count). The van der Waals surface area contributed by atoms with Crippen LogP contribution in [-0.2, 0) is 11.3 Å². The molecule has 1 aliphatic rings. The normalized spacial score (nSPS) is 16.0. The van der Waals surface area contributed by atoms with Crippen molar-refractivity contribution in [3.05, 3.63) is 81.8 Å². The number of hydrogen-bond acceptors (Lipinski definition) is 4. The Kier molecular flexibility index (Phi) is 4.76. The van der Waals surface area contributed by atoms with Crippen LogP contribution >= 0.6 is 35.6 Å². The Labute approximate surface area is 165 Å². The molecule has 0 atom stereocenters. The van der Waals surface area contributed by atoms with Gasteiger partial charge in [-0.3, -0.25) is 9.69 Å². The van der Waals surface area contributed by atoms with E-state index in [-0.39, 0.29) is 5.91 Å². The number of rotatable bonds is 3. The van der Waals surface area contributed by atoms with Crippen LogP contribution in [0.4, 0.5) is 0 Å². The van der Waals surface area contributed by atoms with Gasteiger partial charge in [0.2, 0.25) is 0 Å². The average molecular weight is 397 g/mol. The van der Waals surface area contributed by atoms with Crippen molar-refractivity contribution in [1.82, 2.24) is 9.88 Å². The molecule has 0 radical (unpaired) electrons. The lowest BCUT2D eigenvalue weighted by Gasteiger charge is -2.14. The van der Waals surface area contributed by atoms with Crippen molar-refractivity contribution < 1.29 is 4.79 Å². The summed E-state index contributed by atoms with van der Waals surface area (Å²) >= 11 is 13.0. The minimum Gasteiger partial charge on any atom is -0.288 e. The third-order valence-corrected chi connectivity index (χ3v) is 5.73. The van der Waals surface area contributed by atoms with Gasteiger partial charge < -0.3 is 0 Å². The molecule has 1 saturated heterocycles. The standard InChI is InChI=1S/C20H13ClN2OS2/c21-18-15(10-14-8-4-5-9-16(14)22-18)11-17-19(24)23(20(25)26-17)12-13-6-2-1-3-7-13/h1-11H,12H2. The predicted molar refractivity (Wildman–Crippen MR) is 112 cm³/mol. The van der Waals surface area contributed by atoms with Crippen molar-refractivity contribution in [3.63, 3.8) is 0 Å². The third-order valence-electron chi connectivity index (χ3n) is 4.05. The van der Waals surface area contributed by atoms with Gasteiger partial charge in [-0.25, -0.2) is 4.98 Å². The number of halogens is 1. The Morgan fingerprint density at radius 1 is 1.12 bits per heavy atom. The molecule has 1 aromatic heterocycles. The number of hydrogen-bond donors (Lipinski definition) is 0.